The van der Waals surface area contributed by atoms with Gasteiger partial charge < -0.3 is 0 Å². The van der Waals surface area contributed by atoms with E-state index in [2.05, 4.69) is 20.8 Å². The molecule has 0 aliphatic rings. The van der Waals surface area contributed by atoms with Crippen molar-refractivity contribution in [3.05, 3.63) is 0 Å². The van der Waals surface area contributed by atoms with Crippen molar-refractivity contribution in [1.82, 2.24) is 5.06 Å². The van der Waals surface area contributed by atoms with Crippen molar-refractivity contribution < 1.29 is 14.4 Å². The number of hydroxylamine groups is 2. The predicted molar refractivity (Wildman–Crippen MR) is 120 cm³/mol. The SMILES string of the molecule is CCCCCCCC(=O)CCCCCC.CCCCCCCC(=O)N(C)OC. The summed E-state index contributed by atoms with van der Waals surface area (Å²) in [6.45, 7) is 6.61. The number of nitrogens with zero attached hydrogens (tertiary/aromatic N) is 1. The Morgan fingerprint density at radius 2 is 0.964 bits per heavy atom. The number of carbonyl (C=O) groups is 2. The van der Waals surface area contributed by atoms with Gasteiger partial charge >= 0.3 is 0 Å². The average Bonchev–Trinajstić information content (AvgIpc) is 2.70. The highest BCUT2D eigenvalue weighted by molar-refractivity contribution is 5.78. The van der Waals surface area contributed by atoms with Gasteiger partial charge in [-0.2, -0.15) is 0 Å². The molecule has 4 nitrogen and oxygen atoms in total. The van der Waals surface area contributed by atoms with Crippen LogP contribution < -0.4 is 0 Å². The fourth-order valence-corrected chi connectivity index (χ4v) is 2.94. The minimum atomic E-state index is 0.0685. The molecule has 0 aliphatic carbocycles. The molecule has 0 spiro atoms. The smallest absolute Gasteiger partial charge is 0.245 e. The Labute approximate surface area is 175 Å². The zero-order valence-corrected chi connectivity index (χ0v) is 19.7. The van der Waals surface area contributed by atoms with E-state index in [4.69, 9.17) is 4.84 Å². The van der Waals surface area contributed by atoms with E-state index in [0.29, 0.717) is 12.2 Å². The van der Waals surface area contributed by atoms with Gasteiger partial charge in [-0.25, -0.2) is 5.06 Å². The summed E-state index contributed by atoms with van der Waals surface area (Å²) in [5, 5.41) is 1.29. The summed E-state index contributed by atoms with van der Waals surface area (Å²) >= 11 is 0. The molecule has 0 aromatic carbocycles. The van der Waals surface area contributed by atoms with Gasteiger partial charge in [-0.3, -0.25) is 14.4 Å². The number of amides is 1. The number of carbonyl (C=O) groups excluding carboxylic acids is 2. The van der Waals surface area contributed by atoms with Crippen molar-refractivity contribution in [3.8, 4) is 0 Å². The molecule has 0 N–H and O–H groups in total. The molecule has 168 valence electrons. The van der Waals surface area contributed by atoms with Gasteiger partial charge in [-0.05, 0) is 19.3 Å². The van der Waals surface area contributed by atoms with E-state index in [1.807, 2.05) is 0 Å². The highest BCUT2D eigenvalue weighted by atomic mass is 16.7. The first-order valence-corrected chi connectivity index (χ1v) is 11.9. The van der Waals surface area contributed by atoms with Gasteiger partial charge in [0.1, 0.15) is 5.78 Å². The first-order chi connectivity index (χ1) is 13.5. The summed E-state index contributed by atoms with van der Waals surface area (Å²) < 4.78 is 0. The third kappa shape index (κ3) is 23.1. The molecule has 0 radical (unpaired) electrons. The Morgan fingerprint density at radius 3 is 1.36 bits per heavy atom. The predicted octanol–water partition coefficient (Wildman–Crippen LogP) is 7.25. The van der Waals surface area contributed by atoms with Gasteiger partial charge in [-0.1, -0.05) is 91.4 Å². The second kappa shape index (κ2) is 24.1. The summed E-state index contributed by atoms with van der Waals surface area (Å²) in [6, 6.07) is 0. The highest BCUT2D eigenvalue weighted by Gasteiger charge is 2.06. The van der Waals surface area contributed by atoms with Crippen LogP contribution in [-0.2, 0) is 14.4 Å². The van der Waals surface area contributed by atoms with Crippen molar-refractivity contribution in [3.63, 3.8) is 0 Å². The molecule has 0 saturated heterocycles. The maximum atomic E-state index is 11.4. The van der Waals surface area contributed by atoms with Crippen LogP contribution >= 0.6 is 0 Å². The third-order valence-corrected chi connectivity index (χ3v) is 4.99. The molecule has 0 atom stereocenters. The number of hydrogen-bond acceptors (Lipinski definition) is 3. The summed E-state index contributed by atoms with van der Waals surface area (Å²) in [5.41, 5.74) is 0. The topological polar surface area (TPSA) is 46.6 Å². The molecule has 4 heteroatoms. The van der Waals surface area contributed by atoms with E-state index in [1.165, 1.54) is 76.4 Å². The molecule has 0 aromatic rings. The number of ketones is 1. The van der Waals surface area contributed by atoms with Crippen LogP contribution in [0.15, 0.2) is 0 Å². The van der Waals surface area contributed by atoms with Gasteiger partial charge in [0.15, 0.2) is 0 Å². The van der Waals surface area contributed by atoms with Crippen molar-refractivity contribution >= 4 is 11.7 Å². The second-order valence-corrected chi connectivity index (χ2v) is 7.75. The minimum Gasteiger partial charge on any atom is -0.300 e. The van der Waals surface area contributed by atoms with Crippen LogP contribution in [0.25, 0.3) is 0 Å². The van der Waals surface area contributed by atoms with Gasteiger partial charge in [-0.15, -0.1) is 0 Å². The Hall–Kier alpha value is -0.900. The van der Waals surface area contributed by atoms with E-state index in [1.54, 1.807) is 7.05 Å². The van der Waals surface area contributed by atoms with Gasteiger partial charge in [0.05, 0.1) is 7.11 Å². The van der Waals surface area contributed by atoms with E-state index < -0.39 is 0 Å². The minimum absolute atomic E-state index is 0.0685. The van der Waals surface area contributed by atoms with Crippen LogP contribution in [0.4, 0.5) is 0 Å². The number of Topliss-reactive ketones (excluding diaryl/α,β-unsaturated/α-hetero) is 1. The molecule has 0 saturated carbocycles. The lowest BCUT2D eigenvalue weighted by Gasteiger charge is -2.12. The second-order valence-electron chi connectivity index (χ2n) is 7.75. The lowest BCUT2D eigenvalue weighted by Crippen LogP contribution is -2.24. The molecule has 0 heterocycles. The summed E-state index contributed by atoms with van der Waals surface area (Å²) in [5.74, 6) is 0.557. The molecule has 0 fully saturated rings. The molecule has 0 aliphatic heterocycles. The molecule has 0 unspecified atom stereocenters. The first kappa shape index (κ1) is 29.3. The summed E-state index contributed by atoms with van der Waals surface area (Å²) in [6.07, 6.45) is 19.3. The Balaban J connectivity index is 0. The Bertz CT molecular complexity index is 345. The fourth-order valence-electron chi connectivity index (χ4n) is 2.94. The van der Waals surface area contributed by atoms with Crippen molar-refractivity contribution in [2.75, 3.05) is 14.2 Å². The van der Waals surface area contributed by atoms with Gasteiger partial charge in [0.25, 0.3) is 0 Å². The molecular formula is C24H49NO3. The number of rotatable bonds is 18. The van der Waals surface area contributed by atoms with Crippen LogP contribution in [-0.4, -0.2) is 30.9 Å². The van der Waals surface area contributed by atoms with E-state index in [0.717, 1.165) is 38.5 Å². The first-order valence-electron chi connectivity index (χ1n) is 11.9. The fraction of sp³-hybridized carbons (Fsp3) is 0.917. The molecule has 0 rings (SSSR count). The van der Waals surface area contributed by atoms with Crippen molar-refractivity contribution in [1.29, 1.82) is 0 Å². The molecular weight excluding hydrogens is 350 g/mol. The lowest BCUT2D eigenvalue weighted by molar-refractivity contribution is -0.168. The highest BCUT2D eigenvalue weighted by Crippen LogP contribution is 2.09. The quantitative estimate of drug-likeness (QED) is 0.180. The molecule has 0 bridgehead atoms. The summed E-state index contributed by atoms with van der Waals surface area (Å²) in [7, 11) is 3.16. The monoisotopic (exact) mass is 399 g/mol. The zero-order chi connectivity index (χ0) is 21.5. The molecule has 28 heavy (non-hydrogen) atoms. The van der Waals surface area contributed by atoms with Crippen molar-refractivity contribution in [2.45, 2.75) is 130 Å². The van der Waals surface area contributed by atoms with Crippen LogP contribution in [0, 0.1) is 0 Å². The van der Waals surface area contributed by atoms with Gasteiger partial charge in [0.2, 0.25) is 5.91 Å². The normalized spacial score (nSPS) is 10.3. The van der Waals surface area contributed by atoms with E-state index >= 15 is 0 Å². The van der Waals surface area contributed by atoms with E-state index in [-0.39, 0.29) is 5.91 Å². The maximum Gasteiger partial charge on any atom is 0.245 e. The largest absolute Gasteiger partial charge is 0.300 e. The van der Waals surface area contributed by atoms with Crippen LogP contribution in [0.1, 0.15) is 130 Å². The van der Waals surface area contributed by atoms with Gasteiger partial charge in [0, 0.05) is 26.3 Å². The Kier molecular flexibility index (Phi) is 25.3. The summed E-state index contributed by atoms with van der Waals surface area (Å²) in [4.78, 5) is 27.4. The standard InChI is InChI=1S/C14H28O.C10H21NO2/c1-3-5-7-9-11-13-14(15)12-10-8-6-4-2;1-4-5-6-7-8-9-10(12)11(2)13-3/h3-13H2,1-2H3;4-9H2,1-3H3. The van der Waals surface area contributed by atoms with Crippen LogP contribution in [0.3, 0.4) is 0 Å². The number of hydrogen-bond donors (Lipinski definition) is 0. The average molecular weight is 400 g/mol. The van der Waals surface area contributed by atoms with Crippen LogP contribution in [0.5, 0.6) is 0 Å². The third-order valence-electron chi connectivity index (χ3n) is 4.99. The van der Waals surface area contributed by atoms with Crippen LogP contribution in [0.2, 0.25) is 0 Å². The van der Waals surface area contributed by atoms with Crippen molar-refractivity contribution in [2.24, 2.45) is 0 Å². The lowest BCUT2D eigenvalue weighted by atomic mass is 10.0. The maximum absolute atomic E-state index is 11.4. The zero-order valence-electron chi connectivity index (χ0n) is 19.7. The Morgan fingerprint density at radius 1 is 0.607 bits per heavy atom. The number of unbranched alkanes of at least 4 members (excludes halogenated alkanes) is 11. The molecule has 0 aromatic heterocycles. The van der Waals surface area contributed by atoms with E-state index in [9.17, 15) is 9.59 Å². The molecule has 1 amide bonds.